The number of aliphatic carboxylic acids is 1. The lowest BCUT2D eigenvalue weighted by Gasteiger charge is -2.08. The molecule has 0 aliphatic carbocycles. The number of carboxylic acid groups (broad SMARTS) is 1. The molecule has 28 heavy (non-hydrogen) atoms. The number of phenolic OH excluding ortho intramolecular Hbond substituents is 1. The normalized spacial score (nSPS) is 10.9. The highest BCUT2D eigenvalue weighted by atomic mass is 16.5. The van der Waals surface area contributed by atoms with Gasteiger partial charge in [0.1, 0.15) is 6.61 Å². The summed E-state index contributed by atoms with van der Waals surface area (Å²) in [6.07, 6.45) is 6.69. The van der Waals surface area contributed by atoms with Gasteiger partial charge in [-0.15, -0.1) is 0 Å². The molecule has 0 saturated carbocycles. The van der Waals surface area contributed by atoms with Gasteiger partial charge in [-0.3, -0.25) is 9.59 Å². The number of rotatable bonds is 10. The van der Waals surface area contributed by atoms with Gasteiger partial charge in [-0.05, 0) is 56.7 Å². The predicted octanol–water partition coefficient (Wildman–Crippen LogP) is 5.09. The van der Waals surface area contributed by atoms with Crippen molar-refractivity contribution < 1.29 is 29.3 Å². The van der Waals surface area contributed by atoms with Gasteiger partial charge in [-0.1, -0.05) is 31.1 Å². The summed E-state index contributed by atoms with van der Waals surface area (Å²) in [6, 6.07) is 4.79. The molecule has 0 heterocycles. The van der Waals surface area contributed by atoms with Gasteiger partial charge in [0, 0.05) is 13.3 Å². The minimum atomic E-state index is -0.679. The van der Waals surface area contributed by atoms with Crippen LogP contribution in [-0.2, 0) is 20.9 Å². The van der Waals surface area contributed by atoms with Crippen molar-refractivity contribution in [3.8, 4) is 11.5 Å². The molecule has 1 unspecified atom stereocenters. The number of benzene rings is 1. The number of phenols is 1. The Bertz CT molecular complexity index is 632. The average Bonchev–Trinajstić information content (AvgIpc) is 2.61. The Morgan fingerprint density at radius 2 is 1.86 bits per heavy atom. The summed E-state index contributed by atoms with van der Waals surface area (Å²) in [5.41, 5.74) is 2.14. The average molecular weight is 395 g/mol. The number of allylic oxidation sites excluding steroid dienone is 2. The maximum atomic E-state index is 10.5. The standard InChI is InChI=1S/C12H22O2.C10H12O4/c1-10(2)6-4-7-11(3)8-5-9-12(13)14;1-7(11)14-6-8-3-4-9(12)10(5-8)13-2/h6,11H,4-5,7-9H2,1-3H3,(H,13,14);3-5,12H,6H2,1-2H3. The van der Waals surface area contributed by atoms with Crippen LogP contribution < -0.4 is 4.74 Å². The summed E-state index contributed by atoms with van der Waals surface area (Å²) in [7, 11) is 1.46. The van der Waals surface area contributed by atoms with Crippen LogP contribution in [0, 0.1) is 5.92 Å². The van der Waals surface area contributed by atoms with Crippen molar-refractivity contribution in [3.05, 3.63) is 35.4 Å². The van der Waals surface area contributed by atoms with E-state index in [0.29, 0.717) is 18.1 Å². The molecule has 0 saturated heterocycles. The molecule has 6 nitrogen and oxygen atoms in total. The van der Waals surface area contributed by atoms with Crippen LogP contribution in [0.3, 0.4) is 0 Å². The van der Waals surface area contributed by atoms with E-state index in [-0.39, 0.29) is 18.3 Å². The summed E-state index contributed by atoms with van der Waals surface area (Å²) in [5.74, 6) is 0.0669. The Labute approximate surface area is 168 Å². The largest absolute Gasteiger partial charge is 0.504 e. The molecule has 0 aromatic heterocycles. The lowest BCUT2D eigenvalue weighted by atomic mass is 9.98. The van der Waals surface area contributed by atoms with Gasteiger partial charge in [0.05, 0.1) is 7.11 Å². The SMILES string of the molecule is CC(C)=CCCC(C)CCCC(=O)O.COc1cc(COC(C)=O)ccc1O. The van der Waals surface area contributed by atoms with Crippen LogP contribution in [0.25, 0.3) is 0 Å². The third kappa shape index (κ3) is 13.7. The maximum absolute atomic E-state index is 10.5. The molecule has 2 N–H and O–H groups in total. The molecule has 1 rings (SSSR count). The summed E-state index contributed by atoms with van der Waals surface area (Å²) in [5, 5.41) is 17.7. The molecule has 0 amide bonds. The molecular weight excluding hydrogens is 360 g/mol. The first-order valence-electron chi connectivity index (χ1n) is 9.50. The number of hydrogen-bond acceptors (Lipinski definition) is 5. The second-order valence-corrected chi connectivity index (χ2v) is 7.04. The summed E-state index contributed by atoms with van der Waals surface area (Å²) < 4.78 is 9.69. The van der Waals surface area contributed by atoms with E-state index in [1.54, 1.807) is 12.1 Å². The van der Waals surface area contributed by atoms with Gasteiger partial charge in [0.25, 0.3) is 0 Å². The fourth-order valence-electron chi connectivity index (χ4n) is 2.40. The van der Waals surface area contributed by atoms with Gasteiger partial charge in [0.2, 0.25) is 0 Å². The minimum Gasteiger partial charge on any atom is -0.504 e. The van der Waals surface area contributed by atoms with Crippen molar-refractivity contribution in [1.82, 2.24) is 0 Å². The Morgan fingerprint density at radius 3 is 2.39 bits per heavy atom. The Kier molecular flexibility index (Phi) is 13.2. The van der Waals surface area contributed by atoms with Gasteiger partial charge in [-0.2, -0.15) is 0 Å². The Balaban J connectivity index is 0.000000521. The molecular formula is C22H34O6. The summed E-state index contributed by atoms with van der Waals surface area (Å²) >= 11 is 0. The molecule has 1 aromatic carbocycles. The zero-order valence-corrected chi connectivity index (χ0v) is 17.7. The first-order valence-corrected chi connectivity index (χ1v) is 9.50. The van der Waals surface area contributed by atoms with E-state index in [1.165, 1.54) is 32.1 Å². The highest BCUT2D eigenvalue weighted by Crippen LogP contribution is 2.26. The monoisotopic (exact) mass is 394 g/mol. The van der Waals surface area contributed by atoms with Crippen LogP contribution in [0.5, 0.6) is 11.5 Å². The number of carbonyl (C=O) groups is 2. The first-order chi connectivity index (χ1) is 13.1. The minimum absolute atomic E-state index is 0.0686. The number of carboxylic acids is 1. The van der Waals surface area contributed by atoms with Gasteiger partial charge < -0.3 is 19.7 Å². The van der Waals surface area contributed by atoms with Crippen molar-refractivity contribution in [1.29, 1.82) is 0 Å². The van der Waals surface area contributed by atoms with Crippen LogP contribution in [0.2, 0.25) is 0 Å². The van der Waals surface area contributed by atoms with E-state index >= 15 is 0 Å². The van der Waals surface area contributed by atoms with E-state index in [4.69, 9.17) is 14.6 Å². The number of aromatic hydroxyl groups is 1. The van der Waals surface area contributed by atoms with E-state index in [2.05, 4.69) is 26.8 Å². The zero-order valence-electron chi connectivity index (χ0n) is 17.7. The van der Waals surface area contributed by atoms with Crippen LogP contribution >= 0.6 is 0 Å². The highest BCUT2D eigenvalue weighted by Gasteiger charge is 2.04. The molecule has 0 aliphatic heterocycles. The second kappa shape index (κ2) is 14.5. The first kappa shape index (κ1) is 25.5. The van der Waals surface area contributed by atoms with Crippen molar-refractivity contribution in [3.63, 3.8) is 0 Å². The third-order valence-electron chi connectivity index (χ3n) is 3.99. The molecule has 0 bridgehead atoms. The molecule has 1 atom stereocenters. The Hall–Kier alpha value is -2.50. The van der Waals surface area contributed by atoms with Crippen molar-refractivity contribution in [2.45, 2.75) is 66.4 Å². The lowest BCUT2D eigenvalue weighted by Crippen LogP contribution is -1.98. The Morgan fingerprint density at radius 1 is 1.18 bits per heavy atom. The van der Waals surface area contributed by atoms with E-state index in [0.717, 1.165) is 24.8 Å². The molecule has 1 aromatic rings. The van der Waals surface area contributed by atoms with E-state index < -0.39 is 5.97 Å². The van der Waals surface area contributed by atoms with Crippen molar-refractivity contribution >= 4 is 11.9 Å². The topological polar surface area (TPSA) is 93.1 Å². The third-order valence-corrected chi connectivity index (χ3v) is 3.99. The summed E-state index contributed by atoms with van der Waals surface area (Å²) in [4.78, 5) is 20.8. The number of hydrogen-bond donors (Lipinski definition) is 2. The maximum Gasteiger partial charge on any atom is 0.303 e. The quantitative estimate of drug-likeness (QED) is 0.424. The van der Waals surface area contributed by atoms with Crippen LogP contribution in [0.1, 0.15) is 65.4 Å². The molecule has 6 heteroatoms. The van der Waals surface area contributed by atoms with E-state index in [9.17, 15) is 14.7 Å². The second-order valence-electron chi connectivity index (χ2n) is 7.04. The summed E-state index contributed by atoms with van der Waals surface area (Å²) in [6.45, 7) is 7.94. The molecule has 158 valence electrons. The highest BCUT2D eigenvalue weighted by molar-refractivity contribution is 5.66. The molecule has 0 fully saturated rings. The van der Waals surface area contributed by atoms with Crippen LogP contribution in [0.15, 0.2) is 29.8 Å². The van der Waals surface area contributed by atoms with Gasteiger partial charge in [0.15, 0.2) is 11.5 Å². The number of methoxy groups -OCH3 is 1. The van der Waals surface area contributed by atoms with Crippen molar-refractivity contribution in [2.75, 3.05) is 7.11 Å². The fraction of sp³-hybridized carbons (Fsp3) is 0.545. The smallest absolute Gasteiger partial charge is 0.303 e. The number of carbonyl (C=O) groups excluding carboxylic acids is 1. The van der Waals surface area contributed by atoms with E-state index in [1.807, 2.05) is 0 Å². The zero-order chi connectivity index (χ0) is 21.5. The molecule has 0 aliphatic rings. The number of ether oxygens (including phenoxy) is 2. The van der Waals surface area contributed by atoms with Gasteiger partial charge >= 0.3 is 11.9 Å². The van der Waals surface area contributed by atoms with Crippen LogP contribution in [-0.4, -0.2) is 29.3 Å². The molecule has 0 radical (unpaired) electrons. The molecule has 0 spiro atoms. The van der Waals surface area contributed by atoms with Crippen LogP contribution in [0.4, 0.5) is 0 Å². The fourth-order valence-corrected chi connectivity index (χ4v) is 2.40. The van der Waals surface area contributed by atoms with Gasteiger partial charge in [-0.25, -0.2) is 0 Å². The van der Waals surface area contributed by atoms with Crippen molar-refractivity contribution in [2.24, 2.45) is 5.92 Å². The lowest BCUT2D eigenvalue weighted by molar-refractivity contribution is -0.142. The number of esters is 1. The predicted molar refractivity (Wildman–Crippen MR) is 109 cm³/mol.